The molecule has 1 saturated heterocycles. The lowest BCUT2D eigenvalue weighted by Gasteiger charge is -2.25. The van der Waals surface area contributed by atoms with Gasteiger partial charge >= 0.3 is 0 Å². The molecule has 1 amide bonds. The smallest absolute Gasteiger partial charge is 0.223 e. The van der Waals surface area contributed by atoms with Gasteiger partial charge in [-0.3, -0.25) is 14.5 Å². The SMILES string of the molecule is CN1CCN=C1NC[C@@H]1CC(=O)N(C)[C@H]1c1cnn(Cc2ccccc2)c1. The molecule has 7 nitrogen and oxygen atoms in total. The molecular formula is C20H26N6O. The van der Waals surface area contributed by atoms with Crippen LogP contribution in [0.5, 0.6) is 0 Å². The molecule has 0 bridgehead atoms. The number of likely N-dealkylation sites (tertiary alicyclic amines) is 1. The first-order valence-electron chi connectivity index (χ1n) is 9.43. The fourth-order valence-electron chi connectivity index (χ4n) is 3.97. The monoisotopic (exact) mass is 366 g/mol. The summed E-state index contributed by atoms with van der Waals surface area (Å²) in [4.78, 5) is 20.8. The van der Waals surface area contributed by atoms with Crippen LogP contribution in [0.15, 0.2) is 47.7 Å². The van der Waals surface area contributed by atoms with Gasteiger partial charge in [0.1, 0.15) is 0 Å². The average molecular weight is 366 g/mol. The number of aromatic nitrogens is 2. The summed E-state index contributed by atoms with van der Waals surface area (Å²) in [5, 5.41) is 7.96. The number of benzene rings is 1. The zero-order valence-electron chi connectivity index (χ0n) is 15.9. The molecule has 0 saturated carbocycles. The summed E-state index contributed by atoms with van der Waals surface area (Å²) in [6.45, 7) is 3.24. The molecule has 0 aliphatic carbocycles. The molecule has 1 aromatic heterocycles. The second-order valence-corrected chi connectivity index (χ2v) is 7.38. The topological polar surface area (TPSA) is 65.8 Å². The van der Waals surface area contributed by atoms with Gasteiger partial charge < -0.3 is 15.1 Å². The van der Waals surface area contributed by atoms with Crippen molar-refractivity contribution >= 4 is 11.9 Å². The molecule has 2 atom stereocenters. The van der Waals surface area contributed by atoms with Gasteiger partial charge in [0.2, 0.25) is 5.91 Å². The Kier molecular flexibility index (Phi) is 4.83. The predicted octanol–water partition coefficient (Wildman–Crippen LogP) is 1.34. The third kappa shape index (κ3) is 3.67. The summed E-state index contributed by atoms with van der Waals surface area (Å²) in [6.07, 6.45) is 4.52. The van der Waals surface area contributed by atoms with Crippen molar-refractivity contribution in [2.45, 2.75) is 19.0 Å². The van der Waals surface area contributed by atoms with Crippen LogP contribution < -0.4 is 5.32 Å². The fraction of sp³-hybridized carbons (Fsp3) is 0.450. The molecule has 7 heteroatoms. The molecule has 142 valence electrons. The molecule has 3 heterocycles. The van der Waals surface area contributed by atoms with Gasteiger partial charge in [0.15, 0.2) is 5.96 Å². The molecule has 4 rings (SSSR count). The molecule has 2 aliphatic heterocycles. The van der Waals surface area contributed by atoms with E-state index in [1.165, 1.54) is 5.56 Å². The van der Waals surface area contributed by atoms with Crippen LogP contribution in [-0.4, -0.2) is 65.2 Å². The first-order valence-corrected chi connectivity index (χ1v) is 9.43. The highest BCUT2D eigenvalue weighted by Crippen LogP contribution is 2.36. The molecule has 2 aliphatic rings. The van der Waals surface area contributed by atoms with Gasteiger partial charge in [0.25, 0.3) is 0 Å². The van der Waals surface area contributed by atoms with E-state index in [0.717, 1.165) is 37.7 Å². The Morgan fingerprint density at radius 2 is 2.04 bits per heavy atom. The molecule has 1 N–H and O–H groups in total. The lowest BCUT2D eigenvalue weighted by molar-refractivity contribution is -0.127. The number of nitrogens with one attached hydrogen (secondary N) is 1. The summed E-state index contributed by atoms with van der Waals surface area (Å²) < 4.78 is 1.95. The minimum Gasteiger partial charge on any atom is -0.356 e. The first kappa shape index (κ1) is 17.6. The summed E-state index contributed by atoms with van der Waals surface area (Å²) >= 11 is 0. The van der Waals surface area contributed by atoms with E-state index in [0.29, 0.717) is 6.42 Å². The summed E-state index contributed by atoms with van der Waals surface area (Å²) in [7, 11) is 3.93. The van der Waals surface area contributed by atoms with Crippen LogP contribution in [0.3, 0.4) is 0 Å². The normalized spacial score (nSPS) is 22.4. The van der Waals surface area contributed by atoms with Gasteiger partial charge in [-0.05, 0) is 5.56 Å². The van der Waals surface area contributed by atoms with Crippen molar-refractivity contribution in [2.75, 3.05) is 33.7 Å². The standard InChI is InChI=1S/C20H26N6O/c1-24-9-8-21-20(24)22-11-16-10-18(27)25(2)19(16)17-12-23-26(14-17)13-15-6-4-3-5-7-15/h3-7,12,14,16,19H,8-11,13H2,1-2H3,(H,21,22)/t16-,19+/m0/s1. The van der Waals surface area contributed by atoms with E-state index in [-0.39, 0.29) is 17.9 Å². The highest BCUT2D eigenvalue weighted by Gasteiger charge is 2.39. The fourth-order valence-corrected chi connectivity index (χ4v) is 3.97. The van der Waals surface area contributed by atoms with Crippen LogP contribution in [0.2, 0.25) is 0 Å². The number of carbonyl (C=O) groups is 1. The summed E-state index contributed by atoms with van der Waals surface area (Å²) in [5.74, 6) is 1.31. The van der Waals surface area contributed by atoms with E-state index in [9.17, 15) is 4.79 Å². The molecule has 0 unspecified atom stereocenters. The van der Waals surface area contributed by atoms with E-state index in [2.05, 4.69) is 38.6 Å². The Hall–Kier alpha value is -2.83. The van der Waals surface area contributed by atoms with Crippen molar-refractivity contribution in [1.29, 1.82) is 0 Å². The lowest BCUT2D eigenvalue weighted by Crippen LogP contribution is -2.39. The summed E-state index contributed by atoms with van der Waals surface area (Å²) in [6, 6.07) is 10.3. The molecule has 2 aromatic rings. The third-order valence-electron chi connectivity index (χ3n) is 5.46. The van der Waals surface area contributed by atoms with E-state index in [1.54, 1.807) is 0 Å². The number of carbonyl (C=O) groups excluding carboxylic acids is 1. The van der Waals surface area contributed by atoms with Crippen LogP contribution in [0, 0.1) is 5.92 Å². The first-order chi connectivity index (χ1) is 13.1. The number of guanidine groups is 1. The Bertz CT molecular complexity index is 830. The second-order valence-electron chi connectivity index (χ2n) is 7.38. The largest absolute Gasteiger partial charge is 0.356 e. The molecular weight excluding hydrogens is 340 g/mol. The van der Waals surface area contributed by atoms with Crippen LogP contribution in [-0.2, 0) is 11.3 Å². The molecule has 0 radical (unpaired) electrons. The Morgan fingerprint density at radius 1 is 1.22 bits per heavy atom. The number of nitrogens with zero attached hydrogens (tertiary/aromatic N) is 5. The number of aliphatic imine (C=N–C) groups is 1. The zero-order chi connectivity index (χ0) is 18.8. The predicted molar refractivity (Wildman–Crippen MR) is 104 cm³/mol. The summed E-state index contributed by atoms with van der Waals surface area (Å²) in [5.41, 5.74) is 2.30. The lowest BCUT2D eigenvalue weighted by atomic mass is 9.96. The third-order valence-corrected chi connectivity index (χ3v) is 5.46. The van der Waals surface area contributed by atoms with Crippen LogP contribution in [0.25, 0.3) is 0 Å². The maximum Gasteiger partial charge on any atom is 0.223 e. The number of hydrogen-bond donors (Lipinski definition) is 1. The van der Waals surface area contributed by atoms with Crippen LogP contribution >= 0.6 is 0 Å². The van der Waals surface area contributed by atoms with Gasteiger partial charge in [-0.15, -0.1) is 0 Å². The number of amides is 1. The van der Waals surface area contributed by atoms with Crippen molar-refractivity contribution in [1.82, 2.24) is 24.9 Å². The van der Waals surface area contributed by atoms with Crippen molar-refractivity contribution < 1.29 is 4.79 Å². The van der Waals surface area contributed by atoms with Gasteiger partial charge in [0.05, 0.1) is 25.3 Å². The highest BCUT2D eigenvalue weighted by atomic mass is 16.2. The van der Waals surface area contributed by atoms with Gasteiger partial charge in [-0.25, -0.2) is 0 Å². The Labute approximate surface area is 159 Å². The maximum atomic E-state index is 12.4. The number of hydrogen-bond acceptors (Lipinski definition) is 5. The minimum atomic E-state index is 0.0434. The van der Waals surface area contributed by atoms with Crippen molar-refractivity contribution in [3.8, 4) is 0 Å². The van der Waals surface area contributed by atoms with E-state index in [1.807, 2.05) is 48.1 Å². The van der Waals surface area contributed by atoms with Crippen molar-refractivity contribution in [2.24, 2.45) is 10.9 Å². The molecule has 1 fully saturated rings. The van der Waals surface area contributed by atoms with Gasteiger partial charge in [0, 0.05) is 51.3 Å². The number of rotatable bonds is 5. The van der Waals surface area contributed by atoms with Crippen LogP contribution in [0.1, 0.15) is 23.6 Å². The quantitative estimate of drug-likeness (QED) is 0.867. The van der Waals surface area contributed by atoms with Crippen molar-refractivity contribution in [3.05, 3.63) is 53.9 Å². The number of likely N-dealkylation sites (N-methyl/N-ethyl adjacent to an activating group) is 1. The van der Waals surface area contributed by atoms with Crippen molar-refractivity contribution in [3.63, 3.8) is 0 Å². The second kappa shape index (κ2) is 7.42. The van der Waals surface area contributed by atoms with Gasteiger partial charge in [-0.2, -0.15) is 5.10 Å². The maximum absolute atomic E-state index is 12.4. The zero-order valence-corrected chi connectivity index (χ0v) is 15.9. The highest BCUT2D eigenvalue weighted by molar-refractivity contribution is 5.82. The van der Waals surface area contributed by atoms with E-state index < -0.39 is 0 Å². The van der Waals surface area contributed by atoms with Crippen LogP contribution in [0.4, 0.5) is 0 Å². The Balaban J connectivity index is 1.47. The molecule has 27 heavy (non-hydrogen) atoms. The Morgan fingerprint density at radius 3 is 2.78 bits per heavy atom. The van der Waals surface area contributed by atoms with E-state index in [4.69, 9.17) is 0 Å². The molecule has 1 aromatic carbocycles. The minimum absolute atomic E-state index is 0.0434. The van der Waals surface area contributed by atoms with Gasteiger partial charge in [-0.1, -0.05) is 30.3 Å². The van der Waals surface area contributed by atoms with E-state index >= 15 is 0 Å². The molecule has 0 spiro atoms. The average Bonchev–Trinajstić information content (AvgIpc) is 3.35.